The van der Waals surface area contributed by atoms with Crippen molar-refractivity contribution >= 4 is 11.6 Å². The Kier molecular flexibility index (Phi) is 11.5. The number of carbonyl (C=O) groups excluding carboxylic acids is 2. The van der Waals surface area contributed by atoms with E-state index in [0.29, 0.717) is 17.7 Å². The Hall–Kier alpha value is -3.86. The van der Waals surface area contributed by atoms with Gasteiger partial charge in [0, 0.05) is 24.8 Å². The fourth-order valence-corrected chi connectivity index (χ4v) is 3.83. The quantitative estimate of drug-likeness (QED) is 0.158. The maximum atomic E-state index is 12.6. The number of hydrogen-bond donors (Lipinski definition) is 0. The fourth-order valence-electron chi connectivity index (χ4n) is 3.83. The van der Waals surface area contributed by atoms with Gasteiger partial charge in [0.1, 0.15) is 12.2 Å². The molecule has 0 aliphatic carbocycles. The molecule has 4 rings (SSSR count). The van der Waals surface area contributed by atoms with Gasteiger partial charge in [0.15, 0.2) is 11.6 Å². The Bertz CT molecular complexity index is 1190. The van der Waals surface area contributed by atoms with Crippen LogP contribution in [0, 0.1) is 0 Å². The number of unbranched alkanes of at least 4 members (excludes halogenated alkanes) is 1. The van der Waals surface area contributed by atoms with Gasteiger partial charge in [0.2, 0.25) is 0 Å². The summed E-state index contributed by atoms with van der Waals surface area (Å²) >= 11 is 0. The van der Waals surface area contributed by atoms with Gasteiger partial charge in [0.25, 0.3) is 0 Å². The number of ketones is 2. The van der Waals surface area contributed by atoms with E-state index < -0.39 is 12.2 Å². The minimum Gasteiger partial charge on any atom is -0.369 e. The second-order valence-corrected chi connectivity index (χ2v) is 8.50. The highest BCUT2D eigenvalue weighted by atomic mass is 16.5. The van der Waals surface area contributed by atoms with Crippen LogP contribution in [-0.4, -0.2) is 25.3 Å². The zero-order valence-electron chi connectivity index (χ0n) is 21.5. The predicted molar refractivity (Wildman–Crippen MR) is 148 cm³/mol. The molecule has 0 radical (unpaired) electrons. The summed E-state index contributed by atoms with van der Waals surface area (Å²) in [6, 6.07) is 37.7. The molecule has 0 spiro atoms. The van der Waals surface area contributed by atoms with Crippen LogP contribution in [0.3, 0.4) is 0 Å². The highest BCUT2D eigenvalue weighted by Crippen LogP contribution is 2.23. The molecule has 4 aromatic carbocycles. The largest absolute Gasteiger partial charge is 0.369 e. The van der Waals surface area contributed by atoms with E-state index in [2.05, 4.69) is 6.92 Å². The van der Waals surface area contributed by atoms with Crippen molar-refractivity contribution in [2.45, 2.75) is 32.0 Å². The molecule has 0 heterocycles. The van der Waals surface area contributed by atoms with E-state index in [1.54, 1.807) is 19.2 Å². The highest BCUT2D eigenvalue weighted by Gasteiger charge is 2.22. The zero-order valence-corrected chi connectivity index (χ0v) is 21.5. The lowest BCUT2D eigenvalue weighted by molar-refractivity contribution is 0.0395. The van der Waals surface area contributed by atoms with Gasteiger partial charge in [-0.2, -0.15) is 0 Å². The third kappa shape index (κ3) is 8.35. The van der Waals surface area contributed by atoms with Gasteiger partial charge in [0.05, 0.1) is 0 Å². The van der Waals surface area contributed by atoms with E-state index in [-0.39, 0.29) is 11.6 Å². The fraction of sp³-hybridized carbons (Fsp3) is 0.212. The van der Waals surface area contributed by atoms with Crippen molar-refractivity contribution in [3.63, 3.8) is 0 Å². The van der Waals surface area contributed by atoms with Crippen LogP contribution < -0.4 is 0 Å². The summed E-state index contributed by atoms with van der Waals surface area (Å²) in [6.07, 6.45) is 0.982. The zero-order chi connectivity index (χ0) is 26.3. The molecule has 0 bridgehead atoms. The maximum absolute atomic E-state index is 12.6. The summed E-state index contributed by atoms with van der Waals surface area (Å²) in [5.74, 6) is 0.00667. The van der Waals surface area contributed by atoms with Crippen LogP contribution in [0.15, 0.2) is 121 Å². The molecule has 0 aromatic heterocycles. The number of methoxy groups -OCH3 is 1. The lowest BCUT2D eigenvalue weighted by Crippen LogP contribution is -2.17. The molecular weight excluding hydrogens is 460 g/mol. The minimum absolute atomic E-state index is 0.0145. The molecule has 2 unspecified atom stereocenters. The molecule has 0 aliphatic heterocycles. The van der Waals surface area contributed by atoms with Gasteiger partial charge in [-0.05, 0) is 17.5 Å². The third-order valence-electron chi connectivity index (χ3n) is 5.82. The molecule has 0 saturated carbocycles. The highest BCUT2D eigenvalue weighted by molar-refractivity contribution is 6.00. The van der Waals surface area contributed by atoms with Gasteiger partial charge in [-0.3, -0.25) is 9.59 Å². The lowest BCUT2D eigenvalue weighted by Gasteiger charge is -2.17. The van der Waals surface area contributed by atoms with Gasteiger partial charge in [-0.15, -0.1) is 0 Å². The first-order chi connectivity index (χ1) is 18.2. The molecule has 4 heteroatoms. The van der Waals surface area contributed by atoms with Crippen LogP contribution in [0.25, 0.3) is 0 Å². The Morgan fingerprint density at radius 1 is 0.595 bits per heavy atom. The average Bonchev–Trinajstić information content (AvgIpc) is 2.98. The standard InChI is InChI=1S/C18H20O2.C15H14O2/c1-2-3-14-20-18(16-12-8-5-9-13-16)17(19)15-10-6-4-7-11-15;1-17-15(13-10-6-3-7-11-13)14(16)12-8-4-2-5-9-12/h4-13,18H,2-3,14H2,1H3;2-11,15H,1H3. The molecule has 0 amide bonds. The summed E-state index contributed by atoms with van der Waals surface area (Å²) in [4.78, 5) is 24.9. The normalized spacial score (nSPS) is 12.1. The molecule has 0 aliphatic rings. The number of carbonyl (C=O) groups is 2. The van der Waals surface area contributed by atoms with Crippen LogP contribution in [-0.2, 0) is 9.47 Å². The third-order valence-corrected chi connectivity index (χ3v) is 5.82. The van der Waals surface area contributed by atoms with Crippen LogP contribution in [0.2, 0.25) is 0 Å². The predicted octanol–water partition coefficient (Wildman–Crippen LogP) is 7.68. The van der Waals surface area contributed by atoms with Crippen molar-refractivity contribution in [1.82, 2.24) is 0 Å². The van der Waals surface area contributed by atoms with Gasteiger partial charge >= 0.3 is 0 Å². The van der Waals surface area contributed by atoms with Crippen molar-refractivity contribution in [2.75, 3.05) is 13.7 Å². The van der Waals surface area contributed by atoms with Crippen LogP contribution >= 0.6 is 0 Å². The van der Waals surface area contributed by atoms with E-state index in [4.69, 9.17) is 9.47 Å². The van der Waals surface area contributed by atoms with E-state index in [9.17, 15) is 9.59 Å². The lowest BCUT2D eigenvalue weighted by atomic mass is 10.00. The molecule has 4 nitrogen and oxygen atoms in total. The molecule has 0 saturated heterocycles. The van der Waals surface area contributed by atoms with Crippen molar-refractivity contribution in [3.8, 4) is 0 Å². The Morgan fingerprint density at radius 2 is 0.973 bits per heavy atom. The second kappa shape index (κ2) is 15.3. The Labute approximate surface area is 219 Å². The van der Waals surface area contributed by atoms with Crippen LogP contribution in [0.4, 0.5) is 0 Å². The minimum atomic E-state index is -0.529. The molecule has 4 aromatic rings. The first-order valence-electron chi connectivity index (χ1n) is 12.6. The number of ether oxygens (including phenoxy) is 2. The molecule has 37 heavy (non-hydrogen) atoms. The van der Waals surface area contributed by atoms with Crippen LogP contribution in [0.5, 0.6) is 0 Å². The maximum Gasteiger partial charge on any atom is 0.196 e. The van der Waals surface area contributed by atoms with Crippen LogP contribution in [0.1, 0.15) is 63.8 Å². The Balaban J connectivity index is 0.000000208. The average molecular weight is 495 g/mol. The molecule has 190 valence electrons. The van der Waals surface area contributed by atoms with Crippen molar-refractivity contribution in [1.29, 1.82) is 0 Å². The van der Waals surface area contributed by atoms with E-state index >= 15 is 0 Å². The first kappa shape index (κ1) is 27.7. The van der Waals surface area contributed by atoms with Crippen molar-refractivity contribution < 1.29 is 19.1 Å². The summed E-state index contributed by atoms with van der Waals surface area (Å²) in [5.41, 5.74) is 3.15. The smallest absolute Gasteiger partial charge is 0.196 e. The second-order valence-electron chi connectivity index (χ2n) is 8.50. The number of rotatable bonds is 11. The van der Waals surface area contributed by atoms with Gasteiger partial charge in [-0.1, -0.05) is 135 Å². The summed E-state index contributed by atoms with van der Waals surface area (Å²) in [7, 11) is 1.55. The number of hydrogen-bond acceptors (Lipinski definition) is 4. The summed E-state index contributed by atoms with van der Waals surface area (Å²) < 4.78 is 11.1. The van der Waals surface area contributed by atoms with Crippen molar-refractivity contribution in [3.05, 3.63) is 144 Å². The van der Waals surface area contributed by atoms with Gasteiger partial charge < -0.3 is 9.47 Å². The monoisotopic (exact) mass is 494 g/mol. The summed E-state index contributed by atoms with van der Waals surface area (Å²) in [6.45, 7) is 2.72. The van der Waals surface area contributed by atoms with E-state index in [1.165, 1.54) is 0 Å². The molecule has 0 N–H and O–H groups in total. The Morgan fingerprint density at radius 3 is 1.38 bits per heavy atom. The number of benzene rings is 4. The topological polar surface area (TPSA) is 52.6 Å². The van der Waals surface area contributed by atoms with E-state index in [0.717, 1.165) is 24.0 Å². The van der Waals surface area contributed by atoms with Gasteiger partial charge in [-0.25, -0.2) is 0 Å². The SMILES string of the molecule is CCCCOC(C(=O)c1ccccc1)c1ccccc1.COC(C(=O)c1ccccc1)c1ccccc1. The molecule has 0 fully saturated rings. The summed E-state index contributed by atoms with van der Waals surface area (Å²) in [5, 5.41) is 0. The first-order valence-corrected chi connectivity index (χ1v) is 12.6. The number of Topliss-reactive ketones (excluding diaryl/α,β-unsaturated/α-hetero) is 2. The van der Waals surface area contributed by atoms with E-state index in [1.807, 2.05) is 109 Å². The van der Waals surface area contributed by atoms with Crippen molar-refractivity contribution in [2.24, 2.45) is 0 Å². The molecule has 2 atom stereocenters. The molecular formula is C33H34O4.